The zero-order chi connectivity index (χ0) is 28.6. The van der Waals surface area contributed by atoms with E-state index >= 15 is 0 Å². The zero-order valence-electron chi connectivity index (χ0n) is 20.9. The Bertz CT molecular complexity index is 668. The molecule has 1 N–H and O–H groups in total. The summed E-state index contributed by atoms with van der Waals surface area (Å²) in [5.41, 5.74) is -0.864. The van der Waals surface area contributed by atoms with Gasteiger partial charge in [0.2, 0.25) is 0 Å². The average Bonchev–Trinajstić information content (AvgIpc) is 2.58. The Morgan fingerprint density at radius 2 is 0.806 bits per heavy atom. The fourth-order valence-electron chi connectivity index (χ4n) is 3.50. The van der Waals surface area contributed by atoms with Crippen LogP contribution in [-0.2, 0) is 14.6 Å². The molecule has 0 saturated heterocycles. The average molecular weight is 682 g/mol. The van der Waals surface area contributed by atoms with E-state index in [1.807, 2.05) is 0 Å². The monoisotopic (exact) mass is 681 g/mol. The Hall–Kier alpha value is 0.0582. The van der Waals surface area contributed by atoms with Gasteiger partial charge < -0.3 is 0 Å². The van der Waals surface area contributed by atoms with E-state index in [1.165, 1.54) is 44.9 Å². The zero-order valence-corrected chi connectivity index (χ0v) is 24.3. The first-order chi connectivity index (χ1) is 15.9. The maximum absolute atomic E-state index is 12.0. The van der Waals surface area contributed by atoms with Gasteiger partial charge in [-0.2, -0.15) is 21.6 Å². The van der Waals surface area contributed by atoms with Gasteiger partial charge in [0.25, 0.3) is 0 Å². The fourth-order valence-corrected chi connectivity index (χ4v) is 4.15. The van der Waals surface area contributed by atoms with Crippen molar-refractivity contribution in [3.8, 4) is 0 Å². The second-order valence-corrected chi connectivity index (χ2v) is 16.1. The number of alkyl halides is 3. The molecule has 0 unspecified atom stereocenters. The second kappa shape index (κ2) is 15.6. The third kappa shape index (κ3) is 47.3. The molecule has 4 nitrogen and oxygen atoms in total. The molecule has 224 valence electrons. The number of halogens is 9. The molecule has 0 heterocycles. The first-order valence-electron chi connectivity index (χ1n) is 12.2. The van der Waals surface area contributed by atoms with Gasteiger partial charge in [-0.25, -0.2) is 4.18 Å². The molecule has 0 atom stereocenters. The predicted octanol–water partition coefficient (Wildman–Crippen LogP) is 9.92. The summed E-state index contributed by atoms with van der Waals surface area (Å²) in [4.78, 5) is 0. The van der Waals surface area contributed by atoms with Crippen molar-refractivity contribution >= 4 is 29.9 Å². The van der Waals surface area contributed by atoms with E-state index in [4.69, 9.17) is 4.55 Å². The third-order valence-electron chi connectivity index (χ3n) is 5.07. The minimum absolute atomic E-state index is 0.263. The number of hydrogen-bond donors (Lipinski definition) is 1. The standard InChI is InChI=1S/C21H41F3O4S.6FH.Sb/c1-20(2,28-29(25,26)27)18-16-14-12-10-8-6-4-3-5-7-9-11-13-15-17-19-21(22,23)24;;;;;;;/h3-19H2,1-2H3,(H,25,26,27);6*1H;/q;;;;;;;+5/p-6. The Morgan fingerprint density at radius 3 is 1.03 bits per heavy atom. The van der Waals surface area contributed by atoms with Crippen LogP contribution >= 0.6 is 0 Å². The van der Waals surface area contributed by atoms with Crippen LogP contribution in [0.25, 0.3) is 0 Å². The van der Waals surface area contributed by atoms with Crippen molar-refractivity contribution < 1.29 is 47.2 Å². The van der Waals surface area contributed by atoms with Crippen molar-refractivity contribution in [1.82, 2.24) is 0 Å². The number of hydrogen-bond acceptors (Lipinski definition) is 3. The van der Waals surface area contributed by atoms with Gasteiger partial charge in [0, 0.05) is 6.42 Å². The van der Waals surface area contributed by atoms with Gasteiger partial charge in [0.15, 0.2) is 0 Å². The molecule has 0 radical (unpaired) electrons. The van der Waals surface area contributed by atoms with Crippen LogP contribution in [0.5, 0.6) is 0 Å². The quantitative estimate of drug-likeness (QED) is 0.0638. The number of unbranched alkanes of at least 4 members (excludes halogenated alkanes) is 14. The van der Waals surface area contributed by atoms with Gasteiger partial charge in [-0.1, -0.05) is 89.9 Å². The summed E-state index contributed by atoms with van der Waals surface area (Å²) >= 11 is -11.2. The van der Waals surface area contributed by atoms with Crippen LogP contribution in [0.4, 0.5) is 30.0 Å². The van der Waals surface area contributed by atoms with Gasteiger partial charge in [-0.3, -0.25) is 4.55 Å². The van der Waals surface area contributed by atoms with Crippen LogP contribution < -0.4 is 0 Å². The molecule has 0 spiro atoms. The summed E-state index contributed by atoms with van der Waals surface area (Å²) in [7, 11) is -4.40. The van der Waals surface area contributed by atoms with Gasteiger partial charge in [0.05, 0.1) is 5.60 Å². The summed E-state index contributed by atoms with van der Waals surface area (Å²) < 4.78 is 130. The Balaban J connectivity index is 0. The summed E-state index contributed by atoms with van der Waals surface area (Å²) in [5.74, 6) is 0. The van der Waals surface area contributed by atoms with E-state index in [9.17, 15) is 38.5 Å². The van der Waals surface area contributed by atoms with Crippen LogP contribution in [0, 0.1) is 0 Å². The molecule has 0 aromatic rings. The van der Waals surface area contributed by atoms with Gasteiger partial charge in [-0.05, 0) is 26.7 Å². The van der Waals surface area contributed by atoms with E-state index in [0.717, 1.165) is 38.5 Å². The molecule has 0 aromatic heterocycles. The van der Waals surface area contributed by atoms with E-state index in [0.29, 0.717) is 12.8 Å². The summed E-state index contributed by atoms with van der Waals surface area (Å²) in [5, 5.41) is 0. The molecule has 0 fully saturated rings. The molecule has 0 aliphatic carbocycles. The molecular formula is C21H41F9O4SSb-. The molecule has 0 aliphatic rings. The first-order valence-corrected chi connectivity index (χ1v) is 19.3. The topological polar surface area (TPSA) is 63.6 Å². The first kappa shape index (κ1) is 38.2. The van der Waals surface area contributed by atoms with Crippen molar-refractivity contribution in [2.45, 2.75) is 135 Å². The summed E-state index contributed by atoms with van der Waals surface area (Å²) in [6.07, 6.45) is 11.5. The third-order valence-corrected chi connectivity index (χ3v) is 5.73. The molecule has 0 rings (SSSR count). The van der Waals surface area contributed by atoms with Crippen LogP contribution in [0.1, 0.15) is 123 Å². The Labute approximate surface area is 211 Å². The second-order valence-electron chi connectivity index (χ2n) is 9.65. The normalized spacial score (nSPS) is 15.1. The van der Waals surface area contributed by atoms with Gasteiger partial charge >= 0.3 is 52.9 Å². The number of rotatable bonds is 19. The van der Waals surface area contributed by atoms with Crippen molar-refractivity contribution in [3.63, 3.8) is 0 Å². The molecule has 0 aromatic carbocycles. The molecule has 0 aliphatic heterocycles. The Morgan fingerprint density at radius 1 is 0.583 bits per heavy atom. The van der Waals surface area contributed by atoms with E-state index in [1.54, 1.807) is 13.8 Å². The molecule has 0 bridgehead atoms. The summed E-state index contributed by atoms with van der Waals surface area (Å²) in [6, 6.07) is 0. The van der Waals surface area contributed by atoms with E-state index in [2.05, 4.69) is 4.18 Å². The van der Waals surface area contributed by atoms with Crippen LogP contribution in [0.3, 0.4) is 0 Å². The SMILES string of the molecule is CC(C)(CCCCCCCCCCCCCCCCCC(F)(F)F)OS(=O)(=O)O.[F][Sb-]([F])([F])([F])([F])[F]. The predicted molar refractivity (Wildman–Crippen MR) is 124 cm³/mol. The minimum atomic E-state index is -11.2. The van der Waals surface area contributed by atoms with Crippen molar-refractivity contribution in [3.05, 3.63) is 0 Å². The van der Waals surface area contributed by atoms with Gasteiger partial charge in [0.1, 0.15) is 0 Å². The van der Waals surface area contributed by atoms with Crippen molar-refractivity contribution in [2.24, 2.45) is 0 Å². The molecule has 15 heteroatoms. The molecular weight excluding hydrogens is 641 g/mol. The maximum atomic E-state index is 12.0. The molecule has 0 amide bonds. The fraction of sp³-hybridized carbons (Fsp3) is 1.00. The molecule has 36 heavy (non-hydrogen) atoms. The van der Waals surface area contributed by atoms with Crippen molar-refractivity contribution in [2.75, 3.05) is 0 Å². The van der Waals surface area contributed by atoms with Gasteiger partial charge in [-0.15, -0.1) is 0 Å². The molecule has 0 saturated carbocycles. The van der Waals surface area contributed by atoms with E-state index < -0.39 is 48.1 Å². The Kier molecular flexibility index (Phi) is 16.6. The van der Waals surface area contributed by atoms with E-state index in [-0.39, 0.29) is 6.42 Å². The van der Waals surface area contributed by atoms with Crippen LogP contribution in [0.15, 0.2) is 0 Å². The van der Waals surface area contributed by atoms with Crippen LogP contribution in [0.2, 0.25) is 0 Å². The summed E-state index contributed by atoms with van der Waals surface area (Å²) in [6.45, 7) is 3.32. The van der Waals surface area contributed by atoms with Crippen molar-refractivity contribution in [1.29, 1.82) is 0 Å². The van der Waals surface area contributed by atoms with Crippen LogP contribution in [-0.4, -0.2) is 44.2 Å².